The van der Waals surface area contributed by atoms with Crippen molar-refractivity contribution in [3.05, 3.63) is 0 Å². The van der Waals surface area contributed by atoms with Gasteiger partial charge in [-0.2, -0.15) is 0 Å². The number of aliphatic hydroxyl groups excluding tert-OH is 1. The van der Waals surface area contributed by atoms with Crippen molar-refractivity contribution in [2.75, 3.05) is 19.7 Å². The second kappa shape index (κ2) is 11.5. The van der Waals surface area contributed by atoms with E-state index in [4.69, 9.17) is 5.11 Å². The number of aliphatic hydroxyl groups is 1. The van der Waals surface area contributed by atoms with Gasteiger partial charge in [-0.25, -0.2) is 0 Å². The highest BCUT2D eigenvalue weighted by Crippen LogP contribution is 2.33. The molecular weight excluding hydrogens is 270 g/mol. The van der Waals surface area contributed by atoms with Gasteiger partial charge in [0, 0.05) is 12.6 Å². The third-order valence-electron chi connectivity index (χ3n) is 5.48. The van der Waals surface area contributed by atoms with Gasteiger partial charge in [0.25, 0.3) is 0 Å². The summed E-state index contributed by atoms with van der Waals surface area (Å²) in [5.74, 6) is 2.79. The lowest BCUT2D eigenvalue weighted by molar-refractivity contribution is 0.131. The molecule has 2 nitrogen and oxygen atoms in total. The molecule has 0 unspecified atom stereocenters. The molecule has 2 rings (SSSR count). The third-order valence-corrected chi connectivity index (χ3v) is 5.48. The second-order valence-electron chi connectivity index (χ2n) is 8.22. The van der Waals surface area contributed by atoms with Crippen LogP contribution in [0.2, 0.25) is 0 Å². The van der Waals surface area contributed by atoms with Crippen molar-refractivity contribution in [2.45, 2.75) is 91.5 Å². The Morgan fingerprint density at radius 1 is 0.864 bits per heavy atom. The first kappa shape index (κ1) is 20.0. The van der Waals surface area contributed by atoms with Crippen molar-refractivity contribution in [3.8, 4) is 0 Å². The van der Waals surface area contributed by atoms with E-state index in [2.05, 4.69) is 32.6 Å². The van der Waals surface area contributed by atoms with Crippen molar-refractivity contribution in [1.29, 1.82) is 0 Å². The highest BCUT2D eigenvalue weighted by atomic mass is 16.3. The van der Waals surface area contributed by atoms with E-state index in [1.807, 2.05) is 0 Å². The molecule has 0 atom stereocenters. The Balaban J connectivity index is 0.000000346. The first-order valence-electron chi connectivity index (χ1n) is 9.87. The minimum Gasteiger partial charge on any atom is -0.396 e. The van der Waals surface area contributed by atoms with Gasteiger partial charge in [0.2, 0.25) is 0 Å². The monoisotopic (exact) mass is 311 g/mol. The van der Waals surface area contributed by atoms with Gasteiger partial charge in [-0.15, -0.1) is 0 Å². The zero-order valence-corrected chi connectivity index (χ0v) is 15.7. The highest BCUT2D eigenvalue weighted by Gasteiger charge is 2.24. The molecule has 1 heterocycles. The van der Waals surface area contributed by atoms with Crippen LogP contribution in [0.4, 0.5) is 0 Å². The van der Waals surface area contributed by atoms with Crippen molar-refractivity contribution in [1.82, 2.24) is 4.90 Å². The summed E-state index contributed by atoms with van der Waals surface area (Å²) in [4.78, 5) is 2.65. The van der Waals surface area contributed by atoms with Gasteiger partial charge in [-0.05, 0) is 70.4 Å². The largest absolute Gasteiger partial charge is 0.396 e. The van der Waals surface area contributed by atoms with Crippen molar-refractivity contribution >= 4 is 0 Å². The number of rotatable bonds is 5. The molecule has 22 heavy (non-hydrogen) atoms. The van der Waals surface area contributed by atoms with Gasteiger partial charge in [-0.3, -0.25) is 0 Å². The van der Waals surface area contributed by atoms with Gasteiger partial charge in [0.05, 0.1) is 0 Å². The molecule has 0 aromatic rings. The molecule has 0 bridgehead atoms. The number of likely N-dealkylation sites (tertiary alicyclic amines) is 1. The molecule has 2 aliphatic rings. The average Bonchev–Trinajstić information content (AvgIpc) is 2.49. The van der Waals surface area contributed by atoms with Crippen molar-refractivity contribution < 1.29 is 5.11 Å². The Morgan fingerprint density at radius 3 is 1.82 bits per heavy atom. The smallest absolute Gasteiger partial charge is 0.0433 e. The van der Waals surface area contributed by atoms with Crippen molar-refractivity contribution in [2.24, 2.45) is 17.8 Å². The molecule has 1 aliphatic heterocycles. The van der Waals surface area contributed by atoms with Gasteiger partial charge < -0.3 is 10.0 Å². The number of hydrogen-bond acceptors (Lipinski definition) is 2. The summed E-state index contributed by atoms with van der Waals surface area (Å²) in [5, 5.41) is 8.24. The topological polar surface area (TPSA) is 23.5 Å². The standard InChI is InChI=1S/C15H29N.C5H12O/c1-13(2)16-10-8-15(9-11-16)12-14-6-4-3-5-7-14;1-5(2)3-4-6/h13-15H,3-12H2,1-2H3;5-6H,3-4H2,1-2H3. The Morgan fingerprint density at radius 2 is 1.41 bits per heavy atom. The van der Waals surface area contributed by atoms with Crippen molar-refractivity contribution in [3.63, 3.8) is 0 Å². The number of piperidine rings is 1. The Kier molecular flexibility index (Phi) is 10.4. The lowest BCUT2D eigenvalue weighted by Gasteiger charge is -2.36. The lowest BCUT2D eigenvalue weighted by atomic mass is 9.80. The van der Waals surface area contributed by atoms with E-state index in [1.165, 1.54) is 58.0 Å². The van der Waals surface area contributed by atoms with E-state index in [-0.39, 0.29) is 0 Å². The normalized spacial score (nSPS) is 22.0. The van der Waals surface area contributed by atoms with Gasteiger partial charge in [0.1, 0.15) is 0 Å². The fraction of sp³-hybridized carbons (Fsp3) is 1.00. The van der Waals surface area contributed by atoms with Crippen LogP contribution in [0.3, 0.4) is 0 Å². The van der Waals surface area contributed by atoms with Crippen LogP contribution in [-0.4, -0.2) is 35.7 Å². The number of nitrogens with zero attached hydrogens (tertiary/aromatic N) is 1. The quantitative estimate of drug-likeness (QED) is 0.763. The lowest BCUT2D eigenvalue weighted by Crippen LogP contribution is -2.38. The molecule has 1 saturated carbocycles. The molecule has 0 amide bonds. The highest BCUT2D eigenvalue weighted by molar-refractivity contribution is 4.77. The van der Waals surface area contributed by atoms with Crippen LogP contribution in [0.1, 0.15) is 85.5 Å². The molecule has 2 fully saturated rings. The Bertz CT molecular complexity index is 250. The Hall–Kier alpha value is -0.0800. The van der Waals surface area contributed by atoms with E-state index in [9.17, 15) is 0 Å². The molecule has 132 valence electrons. The van der Waals surface area contributed by atoms with Crippen LogP contribution < -0.4 is 0 Å². The SMILES string of the molecule is CC(C)CCO.CC(C)N1CCC(CC2CCCCC2)CC1. The summed E-state index contributed by atoms with van der Waals surface area (Å²) in [5.41, 5.74) is 0. The van der Waals surface area contributed by atoms with Crippen LogP contribution in [-0.2, 0) is 0 Å². The predicted octanol–water partition coefficient (Wildman–Crippen LogP) is 5.10. The summed E-state index contributed by atoms with van der Waals surface area (Å²) < 4.78 is 0. The molecule has 0 spiro atoms. The van der Waals surface area contributed by atoms with Gasteiger partial charge >= 0.3 is 0 Å². The predicted molar refractivity (Wildman–Crippen MR) is 97.2 cm³/mol. The maximum absolute atomic E-state index is 8.24. The molecule has 0 aromatic carbocycles. The third kappa shape index (κ3) is 8.53. The van der Waals surface area contributed by atoms with Crippen LogP contribution in [0.5, 0.6) is 0 Å². The fourth-order valence-corrected chi connectivity index (χ4v) is 3.86. The van der Waals surface area contributed by atoms with E-state index >= 15 is 0 Å². The summed E-state index contributed by atoms with van der Waals surface area (Å²) >= 11 is 0. The molecule has 0 aromatic heterocycles. The summed E-state index contributed by atoms with van der Waals surface area (Å²) in [6.07, 6.45) is 13.0. The zero-order valence-electron chi connectivity index (χ0n) is 15.7. The average molecular weight is 312 g/mol. The summed E-state index contributed by atoms with van der Waals surface area (Å²) in [7, 11) is 0. The second-order valence-corrected chi connectivity index (χ2v) is 8.22. The van der Waals surface area contributed by atoms with Crippen LogP contribution in [0.15, 0.2) is 0 Å². The molecular formula is C20H41NO. The first-order valence-corrected chi connectivity index (χ1v) is 9.87. The van der Waals surface area contributed by atoms with Gasteiger partial charge in [-0.1, -0.05) is 46.0 Å². The molecule has 1 saturated heterocycles. The zero-order chi connectivity index (χ0) is 16.4. The minimum atomic E-state index is 0.331. The summed E-state index contributed by atoms with van der Waals surface area (Å²) in [6.45, 7) is 11.9. The molecule has 1 N–H and O–H groups in total. The van der Waals surface area contributed by atoms with E-state index in [0.29, 0.717) is 12.5 Å². The van der Waals surface area contributed by atoms with E-state index in [0.717, 1.165) is 24.3 Å². The van der Waals surface area contributed by atoms with Gasteiger partial charge in [0.15, 0.2) is 0 Å². The van der Waals surface area contributed by atoms with E-state index in [1.54, 1.807) is 6.42 Å². The van der Waals surface area contributed by atoms with Crippen LogP contribution in [0, 0.1) is 17.8 Å². The fourth-order valence-electron chi connectivity index (χ4n) is 3.86. The Labute approximate surface area is 139 Å². The molecule has 1 aliphatic carbocycles. The molecule has 0 radical (unpaired) electrons. The van der Waals surface area contributed by atoms with E-state index < -0.39 is 0 Å². The summed E-state index contributed by atoms with van der Waals surface area (Å²) in [6, 6.07) is 0.760. The molecule has 2 heteroatoms. The maximum Gasteiger partial charge on any atom is 0.0433 e. The first-order chi connectivity index (χ1) is 10.5. The minimum absolute atomic E-state index is 0.331. The van der Waals surface area contributed by atoms with Crippen LogP contribution in [0.25, 0.3) is 0 Å². The number of hydrogen-bond donors (Lipinski definition) is 1. The van der Waals surface area contributed by atoms with Crippen LogP contribution >= 0.6 is 0 Å². The maximum atomic E-state index is 8.24.